The average Bonchev–Trinajstić information content (AvgIpc) is 3.13. The Morgan fingerprint density at radius 2 is 2.00 bits per heavy atom. The maximum Gasteiger partial charge on any atom is 0.229 e. The molecule has 3 N–H and O–H groups in total. The highest BCUT2D eigenvalue weighted by atomic mass is 35.5. The molecule has 10 nitrogen and oxygen atoms in total. The van der Waals surface area contributed by atoms with Gasteiger partial charge < -0.3 is 20.1 Å². The Hall–Kier alpha value is -1.55. The van der Waals surface area contributed by atoms with E-state index in [1.165, 1.54) is 12.8 Å². The van der Waals surface area contributed by atoms with E-state index in [4.69, 9.17) is 25.7 Å². The van der Waals surface area contributed by atoms with Crippen LogP contribution < -0.4 is 16.1 Å². The monoisotopic (exact) mass is 467 g/mol. The molecular weight excluding hydrogens is 441 g/mol. The van der Waals surface area contributed by atoms with Crippen LogP contribution in [0.15, 0.2) is 18.6 Å². The summed E-state index contributed by atoms with van der Waals surface area (Å²) in [4.78, 5) is 8.76. The minimum absolute atomic E-state index is 0.0182. The molecule has 2 aromatic rings. The molecule has 168 valence electrons. The number of hydroxylamine groups is 1. The minimum atomic E-state index is -0.455. The molecule has 0 spiro atoms. The van der Waals surface area contributed by atoms with E-state index in [-0.39, 0.29) is 24.3 Å². The number of halogens is 1. The van der Waals surface area contributed by atoms with Crippen molar-refractivity contribution in [3.05, 3.63) is 23.6 Å². The zero-order valence-electron chi connectivity index (χ0n) is 17.5. The van der Waals surface area contributed by atoms with Crippen LogP contribution in [0.5, 0.6) is 0 Å². The van der Waals surface area contributed by atoms with Crippen LogP contribution >= 0.6 is 19.7 Å². The molecule has 12 heteroatoms. The zero-order chi connectivity index (χ0) is 21.4. The highest BCUT2D eigenvalue weighted by molar-refractivity contribution is 7.51. The third-order valence-electron chi connectivity index (χ3n) is 5.65. The summed E-state index contributed by atoms with van der Waals surface area (Å²) < 4.78 is 19.7. The zero-order valence-corrected chi connectivity index (χ0v) is 19.1. The van der Waals surface area contributed by atoms with Crippen molar-refractivity contribution in [3.8, 4) is 0 Å². The number of fused-ring (bicyclic) bond motifs is 1. The summed E-state index contributed by atoms with van der Waals surface area (Å²) in [5, 5.41) is 11.1. The van der Waals surface area contributed by atoms with Gasteiger partial charge >= 0.3 is 0 Å². The lowest BCUT2D eigenvalue weighted by Gasteiger charge is -2.20. The summed E-state index contributed by atoms with van der Waals surface area (Å²) >= 11 is 6.34. The summed E-state index contributed by atoms with van der Waals surface area (Å²) in [6, 6.07) is -0.0466. The quantitative estimate of drug-likeness (QED) is 0.378. The van der Waals surface area contributed by atoms with Gasteiger partial charge in [0.2, 0.25) is 5.95 Å². The lowest BCUT2D eigenvalue weighted by molar-refractivity contribution is 0.0483. The molecule has 1 saturated carbocycles. The Balaban J connectivity index is 1.18. The van der Waals surface area contributed by atoms with E-state index < -0.39 is 8.15 Å². The van der Waals surface area contributed by atoms with Crippen LogP contribution in [0.3, 0.4) is 0 Å². The second-order valence-electron chi connectivity index (χ2n) is 8.33. The van der Waals surface area contributed by atoms with Crippen molar-refractivity contribution < 1.29 is 14.1 Å². The highest BCUT2D eigenvalue weighted by Crippen LogP contribution is 2.43. The fourth-order valence-electron chi connectivity index (χ4n) is 3.90. The molecule has 1 aliphatic carbocycles. The van der Waals surface area contributed by atoms with Crippen LogP contribution in [0.2, 0.25) is 5.02 Å². The lowest BCUT2D eigenvalue weighted by atomic mass is 10.1. The van der Waals surface area contributed by atoms with E-state index in [1.54, 1.807) is 17.1 Å². The van der Waals surface area contributed by atoms with Gasteiger partial charge in [0, 0.05) is 13.2 Å². The van der Waals surface area contributed by atoms with Crippen molar-refractivity contribution in [2.45, 2.75) is 37.1 Å². The van der Waals surface area contributed by atoms with Gasteiger partial charge in [0.05, 0.1) is 51.5 Å². The second kappa shape index (κ2) is 9.13. The van der Waals surface area contributed by atoms with Gasteiger partial charge in [-0.3, -0.25) is 9.31 Å². The molecule has 2 aromatic heterocycles. The first kappa shape index (κ1) is 21.3. The molecular formula is C19H27ClN7O3P. The SMILES string of the molecule is Cn1cc(Nc2ncc(Cl)c(NC3COC4C(NOP(C)CC5CC5)COC34)n2)cn1. The number of aromatic nitrogens is 4. The van der Waals surface area contributed by atoms with Gasteiger partial charge in [-0.1, -0.05) is 11.6 Å². The van der Waals surface area contributed by atoms with Gasteiger partial charge in [0.1, 0.15) is 17.2 Å². The molecule has 2 aliphatic heterocycles. The Morgan fingerprint density at radius 1 is 1.23 bits per heavy atom. The Labute approximate surface area is 187 Å². The molecule has 5 unspecified atom stereocenters. The number of hydrogen-bond acceptors (Lipinski definition) is 9. The van der Waals surface area contributed by atoms with Crippen molar-refractivity contribution in [3.63, 3.8) is 0 Å². The predicted octanol–water partition coefficient (Wildman–Crippen LogP) is 2.51. The van der Waals surface area contributed by atoms with Gasteiger partial charge in [0.25, 0.3) is 0 Å². The van der Waals surface area contributed by atoms with Gasteiger partial charge in [-0.25, -0.2) is 4.98 Å². The van der Waals surface area contributed by atoms with E-state index in [1.807, 2.05) is 13.2 Å². The highest BCUT2D eigenvalue weighted by Gasteiger charge is 2.48. The summed E-state index contributed by atoms with van der Waals surface area (Å²) in [7, 11) is 1.39. The summed E-state index contributed by atoms with van der Waals surface area (Å²) in [6.07, 6.45) is 8.79. The molecule has 0 bridgehead atoms. The minimum Gasteiger partial charge on any atom is -0.371 e. The Bertz CT molecular complexity index is 914. The van der Waals surface area contributed by atoms with Gasteiger partial charge in [-0.2, -0.15) is 15.6 Å². The molecule has 2 saturated heterocycles. The van der Waals surface area contributed by atoms with Gasteiger partial charge in [-0.05, 0) is 31.6 Å². The van der Waals surface area contributed by atoms with Crippen LogP contribution in [0.25, 0.3) is 0 Å². The first-order chi connectivity index (χ1) is 15.0. The van der Waals surface area contributed by atoms with Crippen LogP contribution in [0.4, 0.5) is 17.5 Å². The summed E-state index contributed by atoms with van der Waals surface area (Å²) in [6.45, 7) is 3.22. The fraction of sp³-hybridized carbons (Fsp3) is 0.632. The first-order valence-corrected chi connectivity index (χ1v) is 12.7. The fourth-order valence-corrected chi connectivity index (χ4v) is 5.53. The number of ether oxygens (including phenoxy) is 2. The Morgan fingerprint density at radius 3 is 2.74 bits per heavy atom. The number of anilines is 3. The number of nitrogens with one attached hydrogen (secondary N) is 3. The second-order valence-corrected chi connectivity index (χ2v) is 10.5. The van der Waals surface area contributed by atoms with E-state index in [2.05, 4.69) is 37.8 Å². The number of rotatable bonds is 9. The van der Waals surface area contributed by atoms with E-state index >= 15 is 0 Å². The molecule has 31 heavy (non-hydrogen) atoms. The number of nitrogens with zero attached hydrogens (tertiary/aromatic N) is 4. The maximum atomic E-state index is 6.34. The van der Waals surface area contributed by atoms with E-state index in [9.17, 15) is 0 Å². The van der Waals surface area contributed by atoms with Crippen molar-refractivity contribution in [1.29, 1.82) is 0 Å². The standard InChI is InChI=1S/C19H27ClN7O3P/c1-27-7-12(5-22-27)23-19-21-6-13(20)18(25-19)24-14-8-28-17-15(9-29-16(14)17)26-30-31(2)10-11-3-4-11/h5-7,11,14-17,26H,3-4,8-10H2,1-2H3,(H2,21,23,24,25). The first-order valence-electron chi connectivity index (χ1n) is 10.5. The molecule has 0 amide bonds. The summed E-state index contributed by atoms with van der Waals surface area (Å²) in [5.74, 6) is 1.83. The normalized spacial score (nSPS) is 28.5. The molecule has 0 radical (unpaired) electrons. The van der Waals surface area contributed by atoms with Crippen LogP contribution in [-0.2, 0) is 21.1 Å². The number of aryl methyl sites for hydroxylation is 1. The largest absolute Gasteiger partial charge is 0.371 e. The topological polar surface area (TPSA) is 107 Å². The van der Waals surface area contributed by atoms with Crippen LogP contribution in [0, 0.1) is 5.92 Å². The predicted molar refractivity (Wildman–Crippen MR) is 119 cm³/mol. The van der Waals surface area contributed by atoms with Crippen molar-refractivity contribution in [2.75, 3.05) is 36.7 Å². The van der Waals surface area contributed by atoms with Gasteiger partial charge in [-0.15, -0.1) is 0 Å². The third-order valence-corrected chi connectivity index (χ3v) is 7.38. The van der Waals surface area contributed by atoms with E-state index in [0.717, 1.165) is 17.8 Å². The van der Waals surface area contributed by atoms with Crippen molar-refractivity contribution in [1.82, 2.24) is 25.2 Å². The molecule has 3 fully saturated rings. The van der Waals surface area contributed by atoms with E-state index in [0.29, 0.717) is 30.0 Å². The molecule has 0 aromatic carbocycles. The molecule has 5 atom stereocenters. The maximum absolute atomic E-state index is 6.34. The van der Waals surface area contributed by atoms with Crippen molar-refractivity contribution >= 4 is 37.2 Å². The average molecular weight is 468 g/mol. The van der Waals surface area contributed by atoms with Gasteiger partial charge in [0.15, 0.2) is 5.82 Å². The van der Waals surface area contributed by atoms with Crippen LogP contribution in [0.1, 0.15) is 12.8 Å². The molecule has 4 heterocycles. The van der Waals surface area contributed by atoms with Crippen LogP contribution in [-0.4, -0.2) is 70.1 Å². The Kier molecular flexibility index (Phi) is 6.28. The smallest absolute Gasteiger partial charge is 0.229 e. The summed E-state index contributed by atoms with van der Waals surface area (Å²) in [5.41, 5.74) is 4.00. The van der Waals surface area contributed by atoms with Crippen molar-refractivity contribution in [2.24, 2.45) is 13.0 Å². The number of hydrogen-bond donors (Lipinski definition) is 3. The molecule has 3 aliphatic rings. The third kappa shape index (κ3) is 5.10. The lowest BCUT2D eigenvalue weighted by Crippen LogP contribution is -2.41. The molecule has 5 rings (SSSR count).